The Morgan fingerprint density at radius 3 is 2.72 bits per heavy atom. The highest BCUT2D eigenvalue weighted by molar-refractivity contribution is 6.30. The van der Waals surface area contributed by atoms with Crippen LogP contribution in [-0.2, 0) is 0 Å². The molecule has 2 aromatic carbocycles. The third-order valence-corrected chi connectivity index (χ3v) is 3.86. The van der Waals surface area contributed by atoms with Crippen molar-refractivity contribution in [2.45, 2.75) is 6.92 Å². The van der Waals surface area contributed by atoms with Gasteiger partial charge in [0.05, 0.1) is 28.1 Å². The molecule has 0 saturated carbocycles. The number of nitrogens with zero attached hydrogens (tertiary/aromatic N) is 3. The second-order valence-electron chi connectivity index (χ2n) is 5.30. The first-order valence-corrected chi connectivity index (χ1v) is 7.70. The molecule has 0 aliphatic rings. The molecule has 0 saturated heterocycles. The van der Waals surface area contributed by atoms with Crippen LogP contribution in [0.4, 0.5) is 11.4 Å². The molecule has 0 radical (unpaired) electrons. The van der Waals surface area contributed by atoms with Crippen molar-refractivity contribution in [3.8, 4) is 5.69 Å². The van der Waals surface area contributed by atoms with Gasteiger partial charge in [-0.05, 0) is 31.2 Å². The molecule has 0 bridgehead atoms. The van der Waals surface area contributed by atoms with Crippen molar-refractivity contribution in [1.29, 1.82) is 0 Å². The first-order chi connectivity index (χ1) is 12.0. The minimum absolute atomic E-state index is 0.0934. The van der Waals surface area contributed by atoms with Crippen LogP contribution in [-0.4, -0.2) is 20.6 Å². The molecule has 0 aliphatic heterocycles. The van der Waals surface area contributed by atoms with Crippen molar-refractivity contribution >= 4 is 28.9 Å². The summed E-state index contributed by atoms with van der Waals surface area (Å²) in [5.74, 6) is -0.397. The Kier molecular flexibility index (Phi) is 4.49. The Balaban J connectivity index is 1.86. The lowest BCUT2D eigenvalue weighted by Crippen LogP contribution is -2.13. The molecule has 0 aliphatic carbocycles. The van der Waals surface area contributed by atoms with Crippen LogP contribution in [0.3, 0.4) is 0 Å². The minimum Gasteiger partial charge on any atom is -0.322 e. The number of rotatable bonds is 4. The van der Waals surface area contributed by atoms with E-state index in [4.69, 9.17) is 11.6 Å². The van der Waals surface area contributed by atoms with E-state index in [0.29, 0.717) is 22.0 Å². The van der Waals surface area contributed by atoms with Crippen molar-refractivity contribution in [2.75, 3.05) is 5.32 Å². The van der Waals surface area contributed by atoms with Crippen LogP contribution in [0, 0.1) is 17.0 Å². The fourth-order valence-electron chi connectivity index (χ4n) is 2.40. The monoisotopic (exact) mass is 356 g/mol. The van der Waals surface area contributed by atoms with Gasteiger partial charge in [-0.1, -0.05) is 23.7 Å². The lowest BCUT2D eigenvalue weighted by Gasteiger charge is -2.07. The molecule has 7 nitrogen and oxygen atoms in total. The number of nitro groups is 1. The predicted octanol–water partition coefficient (Wildman–Crippen LogP) is 3.99. The van der Waals surface area contributed by atoms with Crippen molar-refractivity contribution in [3.05, 3.63) is 81.1 Å². The van der Waals surface area contributed by atoms with E-state index in [1.165, 1.54) is 24.4 Å². The molecule has 25 heavy (non-hydrogen) atoms. The van der Waals surface area contributed by atoms with Gasteiger partial charge in [0, 0.05) is 22.8 Å². The summed E-state index contributed by atoms with van der Waals surface area (Å²) < 4.78 is 1.61. The molecule has 8 heteroatoms. The first kappa shape index (κ1) is 16.7. The van der Waals surface area contributed by atoms with Crippen LogP contribution in [0.5, 0.6) is 0 Å². The zero-order valence-corrected chi connectivity index (χ0v) is 13.9. The number of anilines is 1. The summed E-state index contributed by atoms with van der Waals surface area (Å²) in [6, 6.07) is 12.9. The number of carbonyl (C=O) groups is 1. The number of aromatic nitrogens is 2. The molecule has 1 N–H and O–H groups in total. The molecule has 3 aromatic rings. The van der Waals surface area contributed by atoms with Crippen molar-refractivity contribution < 1.29 is 9.72 Å². The van der Waals surface area contributed by atoms with Gasteiger partial charge in [0.15, 0.2) is 0 Å². The largest absolute Gasteiger partial charge is 0.322 e. The molecule has 0 unspecified atom stereocenters. The zero-order chi connectivity index (χ0) is 18.0. The molecule has 1 aromatic heterocycles. The van der Waals surface area contributed by atoms with Crippen LogP contribution in [0.1, 0.15) is 16.1 Å². The highest BCUT2D eigenvalue weighted by Crippen LogP contribution is 2.20. The zero-order valence-electron chi connectivity index (χ0n) is 13.1. The van der Waals surface area contributed by atoms with Gasteiger partial charge in [0.2, 0.25) is 0 Å². The van der Waals surface area contributed by atoms with E-state index in [-0.39, 0.29) is 5.69 Å². The van der Waals surface area contributed by atoms with Gasteiger partial charge in [-0.2, -0.15) is 5.10 Å². The van der Waals surface area contributed by atoms with Crippen molar-refractivity contribution in [1.82, 2.24) is 9.78 Å². The number of benzene rings is 2. The number of nitro benzene ring substituents is 1. The van der Waals surface area contributed by atoms with Gasteiger partial charge in [0.1, 0.15) is 0 Å². The number of halogens is 1. The highest BCUT2D eigenvalue weighted by atomic mass is 35.5. The lowest BCUT2D eigenvalue weighted by molar-refractivity contribution is -0.384. The van der Waals surface area contributed by atoms with Crippen molar-refractivity contribution in [3.63, 3.8) is 0 Å². The number of nitrogens with one attached hydrogen (secondary N) is 1. The Morgan fingerprint density at radius 2 is 2.00 bits per heavy atom. The van der Waals surface area contributed by atoms with Gasteiger partial charge in [-0.3, -0.25) is 14.9 Å². The molecule has 3 rings (SSSR count). The van der Waals surface area contributed by atoms with E-state index < -0.39 is 10.8 Å². The lowest BCUT2D eigenvalue weighted by atomic mass is 10.2. The fourth-order valence-corrected chi connectivity index (χ4v) is 2.58. The summed E-state index contributed by atoms with van der Waals surface area (Å²) >= 11 is 5.99. The Bertz CT molecular complexity index is 968. The second kappa shape index (κ2) is 6.74. The number of amides is 1. The summed E-state index contributed by atoms with van der Waals surface area (Å²) in [5, 5.41) is 18.3. The fraction of sp³-hybridized carbons (Fsp3) is 0.0588. The standard InChI is InChI=1S/C17H13ClN4O3/c1-11-16(10-19-21(11)14-6-2-4-12(18)8-14)17(23)20-13-5-3-7-15(9-13)22(24)25/h2-10H,1H3,(H,20,23). The number of hydrogen-bond donors (Lipinski definition) is 1. The second-order valence-corrected chi connectivity index (χ2v) is 5.73. The molecule has 1 heterocycles. The molecule has 126 valence electrons. The molecule has 0 fully saturated rings. The van der Waals surface area contributed by atoms with E-state index in [9.17, 15) is 14.9 Å². The number of non-ortho nitro benzene ring substituents is 1. The smallest absolute Gasteiger partial charge is 0.271 e. The molecule has 0 atom stereocenters. The summed E-state index contributed by atoms with van der Waals surface area (Å²) in [6.07, 6.45) is 1.45. The SMILES string of the molecule is Cc1c(C(=O)Nc2cccc([N+](=O)[O-])c2)cnn1-c1cccc(Cl)c1. The van der Waals surface area contributed by atoms with E-state index in [0.717, 1.165) is 5.69 Å². The third kappa shape index (κ3) is 3.51. The molecular formula is C17H13ClN4O3. The summed E-state index contributed by atoms with van der Waals surface area (Å²) in [4.78, 5) is 22.8. The number of hydrogen-bond acceptors (Lipinski definition) is 4. The summed E-state index contributed by atoms with van der Waals surface area (Å²) in [5.41, 5.74) is 1.98. The maximum Gasteiger partial charge on any atom is 0.271 e. The average molecular weight is 357 g/mol. The summed E-state index contributed by atoms with van der Waals surface area (Å²) in [7, 11) is 0. The van der Waals surface area contributed by atoms with E-state index in [1.54, 1.807) is 35.9 Å². The topological polar surface area (TPSA) is 90.1 Å². The van der Waals surface area contributed by atoms with Crippen LogP contribution in [0.15, 0.2) is 54.7 Å². The normalized spacial score (nSPS) is 10.5. The maximum atomic E-state index is 12.5. The van der Waals surface area contributed by atoms with Crippen LogP contribution < -0.4 is 5.32 Å². The third-order valence-electron chi connectivity index (χ3n) is 3.62. The van der Waals surface area contributed by atoms with E-state index in [2.05, 4.69) is 10.4 Å². The van der Waals surface area contributed by atoms with Gasteiger partial charge in [-0.25, -0.2) is 4.68 Å². The Labute approximate surface area is 148 Å². The molecular weight excluding hydrogens is 344 g/mol. The molecule has 0 spiro atoms. The quantitative estimate of drug-likeness (QED) is 0.565. The highest BCUT2D eigenvalue weighted by Gasteiger charge is 2.16. The number of carbonyl (C=O) groups excluding carboxylic acids is 1. The van der Waals surface area contributed by atoms with E-state index >= 15 is 0 Å². The van der Waals surface area contributed by atoms with Crippen LogP contribution in [0.25, 0.3) is 5.69 Å². The van der Waals surface area contributed by atoms with Gasteiger partial charge in [-0.15, -0.1) is 0 Å². The Morgan fingerprint density at radius 1 is 1.24 bits per heavy atom. The predicted molar refractivity (Wildman–Crippen MR) is 94.4 cm³/mol. The summed E-state index contributed by atoms with van der Waals surface area (Å²) in [6.45, 7) is 1.76. The average Bonchev–Trinajstić information content (AvgIpc) is 2.96. The first-order valence-electron chi connectivity index (χ1n) is 7.32. The maximum absolute atomic E-state index is 12.5. The minimum atomic E-state index is -0.516. The molecule has 1 amide bonds. The van der Waals surface area contributed by atoms with Gasteiger partial charge >= 0.3 is 0 Å². The van der Waals surface area contributed by atoms with Crippen LogP contribution >= 0.6 is 11.6 Å². The van der Waals surface area contributed by atoms with Crippen LogP contribution in [0.2, 0.25) is 5.02 Å². The van der Waals surface area contributed by atoms with Gasteiger partial charge < -0.3 is 5.32 Å². The van der Waals surface area contributed by atoms with Crippen molar-refractivity contribution in [2.24, 2.45) is 0 Å². The Hall–Kier alpha value is -3.19. The van der Waals surface area contributed by atoms with E-state index in [1.807, 2.05) is 6.07 Å². The van der Waals surface area contributed by atoms with Gasteiger partial charge in [0.25, 0.3) is 11.6 Å².